The standard InChI is InChI=1S/C17H19Cl2F3N2O2/c1-2-7-26-14-9-13(19)12(18)8-11(14)15(10-3-5-23-6-4-10)24-16(25)17(20,21)22/h2,8-10,15,23H,1,3-7H2,(H,24,25)/t15-/m1/s1. The molecular weight excluding hydrogens is 392 g/mol. The lowest BCUT2D eigenvalue weighted by Gasteiger charge is -2.33. The highest BCUT2D eigenvalue weighted by Crippen LogP contribution is 2.39. The first-order valence-electron chi connectivity index (χ1n) is 8.05. The first-order chi connectivity index (χ1) is 12.2. The minimum absolute atomic E-state index is 0.136. The van der Waals surface area contributed by atoms with E-state index < -0.39 is 18.1 Å². The fourth-order valence-electron chi connectivity index (χ4n) is 2.91. The summed E-state index contributed by atoms with van der Waals surface area (Å²) in [6, 6.07) is 1.99. The molecular formula is C17H19Cl2F3N2O2. The van der Waals surface area contributed by atoms with Crippen LogP contribution in [-0.2, 0) is 4.79 Å². The Bertz CT molecular complexity index is 662. The molecule has 9 heteroatoms. The fourth-order valence-corrected chi connectivity index (χ4v) is 3.24. The maximum absolute atomic E-state index is 12.8. The minimum atomic E-state index is -4.98. The van der Waals surface area contributed by atoms with Gasteiger partial charge in [-0.3, -0.25) is 4.79 Å². The van der Waals surface area contributed by atoms with Crippen LogP contribution in [0.15, 0.2) is 24.8 Å². The number of nitrogens with one attached hydrogen (secondary N) is 2. The van der Waals surface area contributed by atoms with Crippen molar-refractivity contribution in [2.24, 2.45) is 5.92 Å². The van der Waals surface area contributed by atoms with Crippen LogP contribution in [0, 0.1) is 5.92 Å². The molecule has 0 spiro atoms. The number of carbonyl (C=O) groups is 1. The van der Waals surface area contributed by atoms with Crippen LogP contribution in [0.4, 0.5) is 13.2 Å². The second-order valence-corrected chi connectivity index (χ2v) is 6.75. The van der Waals surface area contributed by atoms with Crippen LogP contribution in [0.2, 0.25) is 10.0 Å². The van der Waals surface area contributed by atoms with E-state index >= 15 is 0 Å². The van der Waals surface area contributed by atoms with Gasteiger partial charge in [0.15, 0.2) is 0 Å². The van der Waals surface area contributed by atoms with Crippen LogP contribution >= 0.6 is 23.2 Å². The van der Waals surface area contributed by atoms with Gasteiger partial charge in [-0.2, -0.15) is 13.2 Å². The zero-order valence-electron chi connectivity index (χ0n) is 13.8. The topological polar surface area (TPSA) is 50.4 Å². The Balaban J connectivity index is 2.44. The summed E-state index contributed by atoms with van der Waals surface area (Å²) in [5.74, 6) is -1.93. The van der Waals surface area contributed by atoms with E-state index in [9.17, 15) is 18.0 Å². The summed E-state index contributed by atoms with van der Waals surface area (Å²) in [5.41, 5.74) is 0.366. The van der Waals surface area contributed by atoms with Crippen molar-refractivity contribution in [2.45, 2.75) is 25.1 Å². The molecule has 0 radical (unpaired) electrons. The molecule has 1 aliphatic rings. The van der Waals surface area contributed by atoms with Crippen molar-refractivity contribution in [1.82, 2.24) is 10.6 Å². The van der Waals surface area contributed by atoms with Crippen LogP contribution in [0.5, 0.6) is 5.75 Å². The van der Waals surface area contributed by atoms with Gasteiger partial charge in [-0.15, -0.1) is 0 Å². The Morgan fingerprint density at radius 1 is 1.35 bits per heavy atom. The van der Waals surface area contributed by atoms with Gasteiger partial charge in [0.05, 0.1) is 16.1 Å². The van der Waals surface area contributed by atoms with Gasteiger partial charge in [0, 0.05) is 11.6 Å². The second-order valence-electron chi connectivity index (χ2n) is 5.94. The van der Waals surface area contributed by atoms with E-state index in [1.54, 1.807) is 0 Å². The Labute approximate surface area is 159 Å². The van der Waals surface area contributed by atoms with Crippen LogP contribution in [0.25, 0.3) is 0 Å². The number of hydrogen-bond acceptors (Lipinski definition) is 3. The Morgan fingerprint density at radius 2 is 1.96 bits per heavy atom. The first kappa shape index (κ1) is 20.9. The summed E-state index contributed by atoms with van der Waals surface area (Å²) in [4.78, 5) is 11.6. The molecule has 1 aromatic carbocycles. The molecule has 1 amide bonds. The van der Waals surface area contributed by atoms with E-state index in [4.69, 9.17) is 27.9 Å². The highest BCUT2D eigenvalue weighted by molar-refractivity contribution is 6.42. The predicted molar refractivity (Wildman–Crippen MR) is 94.7 cm³/mol. The van der Waals surface area contributed by atoms with Crippen molar-refractivity contribution in [3.8, 4) is 5.75 Å². The Kier molecular flexibility index (Phi) is 7.20. The maximum Gasteiger partial charge on any atom is 0.471 e. The Hall–Kier alpha value is -1.44. The lowest BCUT2D eigenvalue weighted by Crippen LogP contribution is -2.44. The molecule has 1 fully saturated rings. The molecule has 1 heterocycles. The van der Waals surface area contributed by atoms with Gasteiger partial charge in [-0.1, -0.05) is 35.9 Å². The van der Waals surface area contributed by atoms with E-state index in [1.165, 1.54) is 18.2 Å². The molecule has 0 bridgehead atoms. The number of ether oxygens (including phenoxy) is 1. The van der Waals surface area contributed by atoms with E-state index in [0.717, 1.165) is 0 Å². The summed E-state index contributed by atoms with van der Waals surface area (Å²) >= 11 is 12.1. The molecule has 0 aliphatic carbocycles. The maximum atomic E-state index is 12.8. The van der Waals surface area contributed by atoms with Crippen molar-refractivity contribution in [3.05, 3.63) is 40.4 Å². The average molecular weight is 411 g/mol. The fraction of sp³-hybridized carbons (Fsp3) is 0.471. The van der Waals surface area contributed by atoms with Crippen molar-refractivity contribution >= 4 is 29.1 Å². The van der Waals surface area contributed by atoms with E-state index in [-0.39, 0.29) is 28.3 Å². The van der Waals surface area contributed by atoms with Gasteiger partial charge in [-0.05, 0) is 37.9 Å². The molecule has 0 saturated carbocycles. The van der Waals surface area contributed by atoms with Crippen LogP contribution in [-0.4, -0.2) is 31.8 Å². The van der Waals surface area contributed by atoms with Crippen molar-refractivity contribution in [3.63, 3.8) is 0 Å². The molecule has 2 rings (SSSR count). The zero-order chi connectivity index (χ0) is 19.3. The minimum Gasteiger partial charge on any atom is -0.489 e. The van der Waals surface area contributed by atoms with Crippen LogP contribution in [0.3, 0.4) is 0 Å². The van der Waals surface area contributed by atoms with E-state index in [1.807, 2.05) is 0 Å². The van der Waals surface area contributed by atoms with E-state index in [2.05, 4.69) is 17.2 Å². The predicted octanol–water partition coefficient (Wildman–Crippen LogP) is 4.28. The summed E-state index contributed by atoms with van der Waals surface area (Å²) < 4.78 is 44.0. The second kappa shape index (κ2) is 8.97. The third-order valence-corrected chi connectivity index (χ3v) is 4.87. The molecule has 1 aliphatic heterocycles. The van der Waals surface area contributed by atoms with Crippen molar-refractivity contribution in [2.75, 3.05) is 19.7 Å². The summed E-state index contributed by atoms with van der Waals surface area (Å²) in [6.07, 6.45) is -2.28. The molecule has 0 aromatic heterocycles. The summed E-state index contributed by atoms with van der Waals surface area (Å²) in [7, 11) is 0. The monoisotopic (exact) mass is 410 g/mol. The molecule has 144 valence electrons. The third-order valence-electron chi connectivity index (χ3n) is 4.14. The number of hydrogen-bond donors (Lipinski definition) is 2. The number of alkyl halides is 3. The number of rotatable bonds is 6. The van der Waals surface area contributed by atoms with Gasteiger partial charge >= 0.3 is 12.1 Å². The van der Waals surface area contributed by atoms with Crippen molar-refractivity contribution < 1.29 is 22.7 Å². The highest BCUT2D eigenvalue weighted by Gasteiger charge is 2.42. The van der Waals surface area contributed by atoms with Gasteiger partial charge in [0.2, 0.25) is 0 Å². The zero-order valence-corrected chi connectivity index (χ0v) is 15.3. The molecule has 1 aromatic rings. The number of benzene rings is 1. The highest BCUT2D eigenvalue weighted by atomic mass is 35.5. The SMILES string of the molecule is C=CCOc1cc(Cl)c(Cl)cc1[C@H](NC(=O)C(F)(F)F)C1CCNCC1. The first-order valence-corrected chi connectivity index (χ1v) is 8.80. The quantitative estimate of drug-likeness (QED) is 0.688. The molecule has 1 atom stereocenters. The number of halogens is 5. The number of carbonyl (C=O) groups excluding carboxylic acids is 1. The molecule has 0 unspecified atom stereocenters. The lowest BCUT2D eigenvalue weighted by molar-refractivity contribution is -0.174. The molecule has 4 nitrogen and oxygen atoms in total. The van der Waals surface area contributed by atoms with Gasteiger partial charge in [0.1, 0.15) is 12.4 Å². The largest absolute Gasteiger partial charge is 0.489 e. The molecule has 2 N–H and O–H groups in total. The normalized spacial score (nSPS) is 16.8. The number of piperidine rings is 1. The molecule has 1 saturated heterocycles. The van der Waals surface area contributed by atoms with Crippen molar-refractivity contribution in [1.29, 1.82) is 0 Å². The molecule has 26 heavy (non-hydrogen) atoms. The Morgan fingerprint density at radius 3 is 2.54 bits per heavy atom. The van der Waals surface area contributed by atoms with E-state index in [0.29, 0.717) is 31.5 Å². The van der Waals surface area contributed by atoms with Gasteiger partial charge in [-0.25, -0.2) is 0 Å². The lowest BCUT2D eigenvalue weighted by atomic mass is 9.85. The number of amides is 1. The summed E-state index contributed by atoms with van der Waals surface area (Å²) in [6.45, 7) is 4.98. The van der Waals surface area contributed by atoms with Crippen LogP contribution in [0.1, 0.15) is 24.4 Å². The summed E-state index contributed by atoms with van der Waals surface area (Å²) in [5, 5.41) is 5.64. The van der Waals surface area contributed by atoms with Crippen LogP contribution < -0.4 is 15.4 Å². The third kappa shape index (κ3) is 5.28. The van der Waals surface area contributed by atoms with Gasteiger partial charge in [0.25, 0.3) is 0 Å². The smallest absolute Gasteiger partial charge is 0.471 e. The van der Waals surface area contributed by atoms with Gasteiger partial charge < -0.3 is 15.4 Å². The average Bonchev–Trinajstić information content (AvgIpc) is 2.60.